The third-order valence-electron chi connectivity index (χ3n) is 6.28. The zero-order valence-corrected chi connectivity index (χ0v) is 21.7. The molecule has 0 saturated carbocycles. The first-order valence-corrected chi connectivity index (χ1v) is 13.5. The maximum Gasteiger partial charge on any atom is 0.232 e. The van der Waals surface area contributed by atoms with Crippen LogP contribution in [-0.2, 0) is 11.3 Å². The molecular weight excluding hydrogens is 502 g/mol. The van der Waals surface area contributed by atoms with Gasteiger partial charge in [-0.1, -0.05) is 30.0 Å². The van der Waals surface area contributed by atoms with Crippen LogP contribution in [0.3, 0.4) is 0 Å². The average Bonchev–Trinajstić information content (AvgIpc) is 3.41. The van der Waals surface area contributed by atoms with Crippen LogP contribution in [0.25, 0.3) is 0 Å². The van der Waals surface area contributed by atoms with Crippen molar-refractivity contribution in [2.45, 2.75) is 22.4 Å². The summed E-state index contributed by atoms with van der Waals surface area (Å²) in [5.41, 5.74) is 0.821. The first-order valence-electron chi connectivity index (χ1n) is 12.6. The summed E-state index contributed by atoms with van der Waals surface area (Å²) in [5.74, 6) is 1.88. The van der Waals surface area contributed by atoms with Crippen molar-refractivity contribution in [3.63, 3.8) is 0 Å². The maximum atomic E-state index is 5.76. The van der Waals surface area contributed by atoms with E-state index in [-0.39, 0.29) is 6.10 Å². The molecule has 2 aliphatic heterocycles. The Labute approximate surface area is 224 Å². The van der Waals surface area contributed by atoms with Crippen molar-refractivity contribution in [1.29, 1.82) is 0 Å². The summed E-state index contributed by atoms with van der Waals surface area (Å²) in [4.78, 5) is 29.1. The molecule has 2 fully saturated rings. The molecule has 196 valence electrons. The molecule has 38 heavy (non-hydrogen) atoms. The largest absolute Gasteiger partial charge is 0.374 e. The number of nitrogens with zero attached hydrogens (tertiary/aromatic N) is 9. The SMILES string of the molecule is c1ccc(Sc2cnc(N3CCN(c4ncnc(Nc5cnn(C[C@@H]6CNCCO6)c5)n4)CC3)nc2)cc1. The van der Waals surface area contributed by atoms with Gasteiger partial charge in [0.2, 0.25) is 17.8 Å². The molecule has 2 aliphatic rings. The number of hydrogen-bond donors (Lipinski definition) is 2. The van der Waals surface area contributed by atoms with Crippen molar-refractivity contribution in [2.75, 3.05) is 61.0 Å². The van der Waals surface area contributed by atoms with E-state index >= 15 is 0 Å². The molecule has 12 nitrogen and oxygen atoms in total. The Balaban J connectivity index is 1.02. The summed E-state index contributed by atoms with van der Waals surface area (Å²) in [6.07, 6.45) is 9.13. The van der Waals surface area contributed by atoms with Crippen LogP contribution in [0.15, 0.2) is 71.2 Å². The van der Waals surface area contributed by atoms with Gasteiger partial charge >= 0.3 is 0 Å². The number of aromatic nitrogens is 7. The van der Waals surface area contributed by atoms with Gasteiger partial charge in [0.25, 0.3) is 0 Å². The second kappa shape index (κ2) is 11.7. The van der Waals surface area contributed by atoms with E-state index in [4.69, 9.17) is 4.74 Å². The second-order valence-corrected chi connectivity index (χ2v) is 10.1. The number of ether oxygens (including phenoxy) is 1. The molecule has 1 aromatic carbocycles. The fourth-order valence-corrected chi connectivity index (χ4v) is 5.14. The van der Waals surface area contributed by atoms with Crippen LogP contribution < -0.4 is 20.4 Å². The Morgan fingerprint density at radius 3 is 2.47 bits per heavy atom. The van der Waals surface area contributed by atoms with Gasteiger partial charge in [-0.05, 0) is 12.1 Å². The van der Waals surface area contributed by atoms with E-state index in [2.05, 4.69) is 62.6 Å². The molecule has 1 atom stereocenters. The third-order valence-corrected chi connectivity index (χ3v) is 7.24. The van der Waals surface area contributed by atoms with Crippen LogP contribution in [0.4, 0.5) is 23.5 Å². The minimum absolute atomic E-state index is 0.121. The van der Waals surface area contributed by atoms with Crippen molar-refractivity contribution in [3.05, 3.63) is 61.4 Å². The second-order valence-electron chi connectivity index (χ2n) is 8.99. The molecule has 2 saturated heterocycles. The van der Waals surface area contributed by atoms with Gasteiger partial charge in [-0.3, -0.25) is 4.68 Å². The summed E-state index contributed by atoms with van der Waals surface area (Å²) < 4.78 is 7.63. The lowest BCUT2D eigenvalue weighted by atomic mass is 10.3. The molecule has 0 spiro atoms. The molecule has 6 rings (SSSR count). The zero-order chi connectivity index (χ0) is 25.6. The van der Waals surface area contributed by atoms with E-state index in [0.717, 1.165) is 62.4 Å². The third kappa shape index (κ3) is 6.18. The highest BCUT2D eigenvalue weighted by Gasteiger charge is 2.21. The van der Waals surface area contributed by atoms with Crippen LogP contribution in [-0.4, -0.2) is 86.7 Å². The highest BCUT2D eigenvalue weighted by atomic mass is 32.2. The van der Waals surface area contributed by atoms with Gasteiger partial charge in [-0.15, -0.1) is 0 Å². The van der Waals surface area contributed by atoms with E-state index in [9.17, 15) is 0 Å². The predicted octanol–water partition coefficient (Wildman–Crippen LogP) is 2.07. The lowest BCUT2D eigenvalue weighted by Gasteiger charge is -2.34. The minimum atomic E-state index is 0.121. The number of rotatable bonds is 8. The van der Waals surface area contributed by atoms with E-state index in [0.29, 0.717) is 18.4 Å². The summed E-state index contributed by atoms with van der Waals surface area (Å²) in [6.45, 7) is 6.24. The number of anilines is 4. The number of piperazine rings is 1. The van der Waals surface area contributed by atoms with Crippen LogP contribution in [0.2, 0.25) is 0 Å². The van der Waals surface area contributed by atoms with Crippen molar-refractivity contribution >= 4 is 35.3 Å². The molecule has 5 heterocycles. The lowest BCUT2D eigenvalue weighted by molar-refractivity contribution is 0.0161. The highest BCUT2D eigenvalue weighted by Crippen LogP contribution is 2.27. The van der Waals surface area contributed by atoms with Gasteiger partial charge in [0.05, 0.1) is 31.1 Å². The summed E-state index contributed by atoms with van der Waals surface area (Å²) in [5, 5.41) is 11.0. The number of nitrogens with one attached hydrogen (secondary N) is 2. The standard InChI is InChI=1S/C25H29N11OS/c1-2-4-21(5-3-1)38-22-14-27-24(28-15-22)34-7-9-35(10-8-34)25-30-18-29-23(33-25)32-19-12-31-36(16-19)17-20-13-26-6-11-37-20/h1-5,12,14-16,18,20,26H,6-11,13,17H2,(H,29,30,32,33)/t20-/m0/s1. The van der Waals surface area contributed by atoms with E-state index < -0.39 is 0 Å². The maximum absolute atomic E-state index is 5.76. The zero-order valence-electron chi connectivity index (χ0n) is 20.8. The number of hydrogen-bond acceptors (Lipinski definition) is 12. The molecule has 0 aliphatic carbocycles. The van der Waals surface area contributed by atoms with Crippen LogP contribution in [0.1, 0.15) is 0 Å². The number of benzene rings is 1. The fraction of sp³-hybridized carbons (Fsp3) is 0.360. The summed E-state index contributed by atoms with van der Waals surface area (Å²) >= 11 is 1.66. The monoisotopic (exact) mass is 531 g/mol. The molecule has 0 unspecified atom stereocenters. The predicted molar refractivity (Wildman–Crippen MR) is 145 cm³/mol. The Hall–Kier alpha value is -3.81. The smallest absolute Gasteiger partial charge is 0.232 e. The Bertz CT molecular complexity index is 1310. The van der Waals surface area contributed by atoms with Crippen molar-refractivity contribution in [3.8, 4) is 0 Å². The number of morpholine rings is 1. The van der Waals surface area contributed by atoms with Crippen molar-refractivity contribution < 1.29 is 4.74 Å². The molecule has 3 aromatic heterocycles. The van der Waals surface area contributed by atoms with Crippen LogP contribution >= 0.6 is 11.8 Å². The first-order chi connectivity index (χ1) is 18.8. The van der Waals surface area contributed by atoms with E-state index in [1.807, 2.05) is 41.5 Å². The van der Waals surface area contributed by atoms with Gasteiger partial charge in [-0.2, -0.15) is 10.1 Å². The average molecular weight is 532 g/mol. The first kappa shape index (κ1) is 24.5. The highest BCUT2D eigenvalue weighted by molar-refractivity contribution is 7.99. The lowest BCUT2D eigenvalue weighted by Crippen LogP contribution is -2.47. The molecule has 0 radical (unpaired) electrons. The molecule has 0 bridgehead atoms. The normalized spacial score (nSPS) is 17.9. The summed E-state index contributed by atoms with van der Waals surface area (Å²) in [6, 6.07) is 10.2. The molecule has 4 aromatic rings. The Morgan fingerprint density at radius 2 is 1.71 bits per heavy atom. The Kier molecular flexibility index (Phi) is 7.56. The van der Waals surface area contributed by atoms with E-state index in [1.54, 1.807) is 18.0 Å². The van der Waals surface area contributed by atoms with Gasteiger partial charge in [0.15, 0.2) is 0 Å². The topological polar surface area (TPSA) is 122 Å². The molecular formula is C25H29N11OS. The van der Waals surface area contributed by atoms with Crippen LogP contribution in [0, 0.1) is 0 Å². The van der Waals surface area contributed by atoms with Gasteiger partial charge < -0.3 is 25.2 Å². The van der Waals surface area contributed by atoms with E-state index in [1.165, 1.54) is 11.2 Å². The van der Waals surface area contributed by atoms with Gasteiger partial charge in [-0.25, -0.2) is 19.9 Å². The quantitative estimate of drug-likeness (QED) is 0.346. The molecule has 2 N–H and O–H groups in total. The van der Waals surface area contributed by atoms with Gasteiger partial charge in [0, 0.05) is 67.7 Å². The Morgan fingerprint density at radius 1 is 0.921 bits per heavy atom. The van der Waals surface area contributed by atoms with Crippen LogP contribution in [0.5, 0.6) is 0 Å². The molecule has 0 amide bonds. The molecule has 13 heteroatoms. The van der Waals surface area contributed by atoms with Gasteiger partial charge in [0.1, 0.15) is 6.33 Å². The minimum Gasteiger partial charge on any atom is -0.374 e. The fourth-order valence-electron chi connectivity index (χ4n) is 4.36. The van der Waals surface area contributed by atoms with Crippen molar-refractivity contribution in [1.82, 2.24) is 40.0 Å². The summed E-state index contributed by atoms with van der Waals surface area (Å²) in [7, 11) is 0. The van der Waals surface area contributed by atoms with Crippen molar-refractivity contribution in [2.24, 2.45) is 0 Å².